The summed E-state index contributed by atoms with van der Waals surface area (Å²) in [6, 6.07) is 13.7. The molecule has 1 aliphatic rings. The predicted molar refractivity (Wildman–Crippen MR) is 158 cm³/mol. The Morgan fingerprint density at radius 2 is 1.50 bits per heavy atom. The van der Waals surface area contributed by atoms with Gasteiger partial charge in [0.25, 0.3) is 5.91 Å². The average Bonchev–Trinajstić information content (AvgIpc) is 3.47. The van der Waals surface area contributed by atoms with E-state index in [9.17, 15) is 24.0 Å². The van der Waals surface area contributed by atoms with Gasteiger partial charge in [-0.25, -0.2) is 4.79 Å². The number of hydrogen-bond donors (Lipinski definition) is 3. The quantitative estimate of drug-likeness (QED) is 0.294. The monoisotopic (exact) mass is 614 g/mol. The first-order valence-corrected chi connectivity index (χ1v) is 14.6. The number of hydrogen-bond acceptors (Lipinski definition) is 7. The van der Waals surface area contributed by atoms with E-state index in [0.29, 0.717) is 12.0 Å². The van der Waals surface area contributed by atoms with Gasteiger partial charge in [-0.1, -0.05) is 88.4 Å². The zero-order chi connectivity index (χ0) is 32.4. The fourth-order valence-electron chi connectivity index (χ4n) is 5.14. The fraction of sp³-hybridized carbons (Fsp3) is 0.469. The van der Waals surface area contributed by atoms with Gasteiger partial charge in [0.15, 0.2) is 0 Å². The molecular weight excluding hydrogens is 574 g/mol. The summed E-state index contributed by atoms with van der Waals surface area (Å²) in [6.07, 6.45) is -0.233. The van der Waals surface area contributed by atoms with Crippen LogP contribution in [-0.4, -0.2) is 65.1 Å². The van der Waals surface area contributed by atoms with E-state index in [1.165, 1.54) is 4.90 Å². The molecule has 238 valence electrons. The van der Waals surface area contributed by atoms with Gasteiger partial charge in [-0.3, -0.25) is 29.4 Å². The van der Waals surface area contributed by atoms with E-state index < -0.39 is 65.5 Å². The first-order chi connectivity index (χ1) is 20.8. The van der Waals surface area contributed by atoms with Crippen molar-refractivity contribution in [2.75, 3.05) is 6.54 Å². The lowest BCUT2D eigenvalue weighted by atomic mass is 9.93. The SMILES string of the molecule is CC(C)C(C(=O)C(F)(F)C(=O)NCc1ccccc1)N1CCC[C@H]1C(=O)NC(=O)[C@@H](NC(=O)OCc1ccccc1)C(C)C. The Morgan fingerprint density at radius 1 is 0.909 bits per heavy atom. The number of carbonyl (C=O) groups is 5. The van der Waals surface area contributed by atoms with E-state index >= 15 is 8.78 Å². The van der Waals surface area contributed by atoms with Crippen LogP contribution >= 0.6 is 0 Å². The minimum atomic E-state index is -4.35. The van der Waals surface area contributed by atoms with Crippen LogP contribution in [-0.2, 0) is 37.1 Å². The largest absolute Gasteiger partial charge is 0.445 e. The van der Waals surface area contributed by atoms with Crippen LogP contribution in [0.5, 0.6) is 0 Å². The molecule has 44 heavy (non-hydrogen) atoms. The summed E-state index contributed by atoms with van der Waals surface area (Å²) in [5, 5.41) is 6.87. The normalized spacial score (nSPS) is 16.7. The van der Waals surface area contributed by atoms with Gasteiger partial charge in [0.2, 0.25) is 17.6 Å². The van der Waals surface area contributed by atoms with Crippen LogP contribution in [0.1, 0.15) is 51.7 Å². The molecule has 3 atom stereocenters. The lowest BCUT2D eigenvalue weighted by molar-refractivity contribution is -0.163. The van der Waals surface area contributed by atoms with Crippen LogP contribution in [0.2, 0.25) is 0 Å². The van der Waals surface area contributed by atoms with E-state index in [0.717, 1.165) is 5.56 Å². The summed E-state index contributed by atoms with van der Waals surface area (Å²) in [4.78, 5) is 65.8. The lowest BCUT2D eigenvalue weighted by Crippen LogP contribution is -2.60. The minimum Gasteiger partial charge on any atom is -0.445 e. The highest BCUT2D eigenvalue weighted by Crippen LogP contribution is 2.30. The van der Waals surface area contributed by atoms with Crippen molar-refractivity contribution in [3.63, 3.8) is 0 Å². The second kappa shape index (κ2) is 15.5. The number of benzene rings is 2. The number of ether oxygens (including phenoxy) is 1. The highest BCUT2D eigenvalue weighted by Gasteiger charge is 2.54. The Labute approximate surface area is 255 Å². The van der Waals surface area contributed by atoms with Crippen molar-refractivity contribution in [3.8, 4) is 0 Å². The minimum absolute atomic E-state index is 0.0192. The second-order valence-corrected chi connectivity index (χ2v) is 11.5. The molecule has 12 heteroatoms. The van der Waals surface area contributed by atoms with Gasteiger partial charge < -0.3 is 15.4 Å². The average molecular weight is 615 g/mol. The molecule has 1 unspecified atom stereocenters. The van der Waals surface area contributed by atoms with Crippen LogP contribution in [0.3, 0.4) is 0 Å². The van der Waals surface area contributed by atoms with Crippen LogP contribution in [0.4, 0.5) is 13.6 Å². The zero-order valence-corrected chi connectivity index (χ0v) is 25.3. The molecule has 0 saturated carbocycles. The number of amides is 4. The number of imide groups is 1. The number of nitrogens with zero attached hydrogens (tertiary/aromatic N) is 1. The number of nitrogens with one attached hydrogen (secondary N) is 3. The number of Topliss-reactive ketones (excluding diaryl/α,β-unsaturated/α-hetero) is 1. The number of carbonyl (C=O) groups excluding carboxylic acids is 5. The van der Waals surface area contributed by atoms with Crippen molar-refractivity contribution in [3.05, 3.63) is 71.8 Å². The van der Waals surface area contributed by atoms with Crippen molar-refractivity contribution in [1.29, 1.82) is 0 Å². The summed E-state index contributed by atoms with van der Waals surface area (Å²) >= 11 is 0. The molecule has 0 aromatic heterocycles. The van der Waals surface area contributed by atoms with Crippen molar-refractivity contribution in [2.45, 2.75) is 77.7 Å². The first kappa shape index (κ1) is 34.3. The molecule has 2 aromatic rings. The van der Waals surface area contributed by atoms with Crippen LogP contribution in [0.15, 0.2) is 60.7 Å². The summed E-state index contributed by atoms with van der Waals surface area (Å²) in [5.41, 5.74) is 1.34. The van der Waals surface area contributed by atoms with Crippen LogP contribution in [0.25, 0.3) is 0 Å². The summed E-state index contributed by atoms with van der Waals surface area (Å²) in [7, 11) is 0. The molecule has 1 saturated heterocycles. The van der Waals surface area contributed by atoms with E-state index in [-0.39, 0.29) is 26.1 Å². The first-order valence-electron chi connectivity index (χ1n) is 14.6. The van der Waals surface area contributed by atoms with Gasteiger partial charge in [0.1, 0.15) is 12.6 Å². The van der Waals surface area contributed by atoms with Crippen molar-refractivity contribution >= 4 is 29.6 Å². The molecular formula is C32H40F2N4O6. The molecule has 0 spiro atoms. The Bertz CT molecular complexity index is 1310. The van der Waals surface area contributed by atoms with Crippen molar-refractivity contribution in [2.24, 2.45) is 11.8 Å². The smallest absolute Gasteiger partial charge is 0.408 e. The molecule has 1 fully saturated rings. The van der Waals surface area contributed by atoms with Crippen LogP contribution in [0, 0.1) is 11.8 Å². The molecule has 3 rings (SSSR count). The number of halogens is 2. The molecule has 0 aliphatic carbocycles. The maximum absolute atomic E-state index is 15.2. The number of alkyl carbamates (subject to hydrolysis) is 1. The Hall–Kier alpha value is -4.19. The van der Waals surface area contributed by atoms with Gasteiger partial charge in [-0.15, -0.1) is 0 Å². The summed E-state index contributed by atoms with van der Waals surface area (Å²) < 4.78 is 35.6. The number of alkyl halides is 2. The topological polar surface area (TPSA) is 134 Å². The zero-order valence-electron chi connectivity index (χ0n) is 25.3. The Balaban J connectivity index is 1.65. The maximum Gasteiger partial charge on any atom is 0.408 e. The van der Waals surface area contributed by atoms with Gasteiger partial charge >= 0.3 is 12.0 Å². The third-order valence-corrected chi connectivity index (χ3v) is 7.43. The molecule has 2 aromatic carbocycles. The summed E-state index contributed by atoms with van der Waals surface area (Å²) in [5.74, 6) is -10.4. The van der Waals surface area contributed by atoms with Crippen molar-refractivity contribution < 1.29 is 37.5 Å². The van der Waals surface area contributed by atoms with Gasteiger partial charge in [0, 0.05) is 6.54 Å². The number of likely N-dealkylation sites (tertiary alicyclic amines) is 1. The second-order valence-electron chi connectivity index (χ2n) is 11.5. The molecule has 10 nitrogen and oxygen atoms in total. The van der Waals surface area contributed by atoms with E-state index in [1.807, 2.05) is 6.07 Å². The highest BCUT2D eigenvalue weighted by molar-refractivity contribution is 6.10. The standard InChI is InChI=1S/C32H40F2N4O6/c1-20(2)25(36-31(43)44-19-23-14-9-6-10-15-23)29(41)37-28(40)24-16-11-17-38(24)26(21(3)4)27(39)32(33,34)30(42)35-18-22-12-7-5-8-13-22/h5-10,12-15,20-21,24-26H,11,16-19H2,1-4H3,(H,35,42)(H,36,43)(H,37,40,41)/t24-,25-,26?/m0/s1. The fourth-order valence-corrected chi connectivity index (χ4v) is 5.14. The Kier molecular flexibility index (Phi) is 12.1. The predicted octanol–water partition coefficient (Wildman–Crippen LogP) is 3.59. The lowest BCUT2D eigenvalue weighted by Gasteiger charge is -2.35. The number of ketones is 1. The Morgan fingerprint density at radius 3 is 2.07 bits per heavy atom. The van der Waals surface area contributed by atoms with Gasteiger partial charge in [-0.2, -0.15) is 8.78 Å². The van der Waals surface area contributed by atoms with E-state index in [4.69, 9.17) is 4.74 Å². The molecule has 1 aliphatic heterocycles. The maximum atomic E-state index is 15.2. The van der Waals surface area contributed by atoms with Crippen molar-refractivity contribution in [1.82, 2.24) is 20.9 Å². The van der Waals surface area contributed by atoms with Gasteiger partial charge in [-0.05, 0) is 42.3 Å². The molecule has 0 radical (unpaired) electrons. The van der Waals surface area contributed by atoms with Crippen LogP contribution < -0.4 is 16.0 Å². The van der Waals surface area contributed by atoms with Gasteiger partial charge in [0.05, 0.1) is 12.1 Å². The number of rotatable bonds is 13. The third-order valence-electron chi connectivity index (χ3n) is 7.43. The molecule has 3 N–H and O–H groups in total. The highest BCUT2D eigenvalue weighted by atomic mass is 19.3. The van der Waals surface area contributed by atoms with E-state index in [1.54, 1.807) is 82.3 Å². The van der Waals surface area contributed by atoms with E-state index in [2.05, 4.69) is 16.0 Å². The molecule has 4 amide bonds. The summed E-state index contributed by atoms with van der Waals surface area (Å²) in [6.45, 7) is 6.39. The molecule has 1 heterocycles. The molecule has 0 bridgehead atoms. The third kappa shape index (κ3) is 8.91.